The molecule has 0 saturated heterocycles. The molecule has 0 fully saturated rings. The first-order chi connectivity index (χ1) is 37.4. The van der Waals surface area contributed by atoms with Gasteiger partial charge in [0.1, 0.15) is 0 Å². The van der Waals surface area contributed by atoms with Crippen LogP contribution in [0.4, 0.5) is 0 Å². The summed E-state index contributed by atoms with van der Waals surface area (Å²) in [5, 5.41) is 9.55. The lowest BCUT2D eigenvalue weighted by atomic mass is 9.81. The summed E-state index contributed by atoms with van der Waals surface area (Å²) in [5.41, 5.74) is 18.5. The molecule has 2 aromatic heterocycles. The average molecular weight is 969 g/mol. The zero-order valence-corrected chi connectivity index (χ0v) is 42.0. The van der Waals surface area contributed by atoms with E-state index in [1.54, 1.807) is 0 Å². The van der Waals surface area contributed by atoms with E-state index in [0.29, 0.717) is 17.5 Å². The minimum Gasteiger partial charge on any atom is -0.309 e. The van der Waals surface area contributed by atoms with E-state index >= 15 is 0 Å². The van der Waals surface area contributed by atoms with Crippen molar-refractivity contribution in [3.63, 3.8) is 0 Å². The number of nitrogens with zero attached hydrogens (tertiary/aromatic N) is 4. The van der Waals surface area contributed by atoms with E-state index in [2.05, 4.69) is 237 Å². The summed E-state index contributed by atoms with van der Waals surface area (Å²) in [6, 6.07) is 92.2. The second-order valence-corrected chi connectivity index (χ2v) is 20.7. The van der Waals surface area contributed by atoms with Gasteiger partial charge in [-0.25, -0.2) is 15.0 Å². The Labute approximate surface area is 440 Å². The molecule has 0 aliphatic heterocycles. The van der Waals surface area contributed by atoms with Gasteiger partial charge in [-0.2, -0.15) is 0 Å². The van der Waals surface area contributed by atoms with Crippen LogP contribution in [0.2, 0.25) is 0 Å². The fourth-order valence-electron chi connectivity index (χ4n) is 12.4. The Kier molecular flexibility index (Phi) is 9.88. The first kappa shape index (κ1) is 43.8. The maximum absolute atomic E-state index is 5.33. The predicted octanol–water partition coefficient (Wildman–Crippen LogP) is 18.7. The summed E-state index contributed by atoms with van der Waals surface area (Å²) in [6.07, 6.45) is 0. The molecule has 0 spiro atoms. The molecular weight excluding hydrogens is 921 g/mol. The summed E-state index contributed by atoms with van der Waals surface area (Å²) in [6.45, 7) is 4.77. The molecule has 1 aliphatic carbocycles. The van der Waals surface area contributed by atoms with E-state index in [9.17, 15) is 0 Å². The van der Waals surface area contributed by atoms with E-state index < -0.39 is 0 Å². The summed E-state index contributed by atoms with van der Waals surface area (Å²) in [4.78, 5) is 15.8. The number of hydrogen-bond donors (Lipinski definition) is 0. The molecule has 76 heavy (non-hydrogen) atoms. The van der Waals surface area contributed by atoms with Crippen molar-refractivity contribution >= 4 is 54.1 Å². The maximum atomic E-state index is 5.33. The Hall–Kier alpha value is -9.77. The smallest absolute Gasteiger partial charge is 0.164 e. The minimum absolute atomic E-state index is 0.167. The van der Waals surface area contributed by atoms with Gasteiger partial charge in [0.25, 0.3) is 0 Å². The molecule has 0 radical (unpaired) electrons. The van der Waals surface area contributed by atoms with Gasteiger partial charge in [0.05, 0.1) is 11.0 Å². The molecule has 0 atom stereocenters. The molecule has 0 N–H and O–H groups in total. The van der Waals surface area contributed by atoms with Crippen LogP contribution in [0.1, 0.15) is 25.0 Å². The van der Waals surface area contributed by atoms with Crippen molar-refractivity contribution in [3.05, 3.63) is 266 Å². The van der Waals surface area contributed by atoms with Gasteiger partial charge in [0.15, 0.2) is 17.5 Å². The Bertz CT molecular complexity index is 4590. The number of rotatable bonds is 7. The molecular formula is C72H48N4. The van der Waals surface area contributed by atoms with Gasteiger partial charge in [0, 0.05) is 44.0 Å². The third-order valence-corrected chi connectivity index (χ3v) is 16.0. The highest BCUT2D eigenvalue weighted by molar-refractivity contribution is 6.29. The first-order valence-corrected chi connectivity index (χ1v) is 26.2. The van der Waals surface area contributed by atoms with Crippen LogP contribution in [0.15, 0.2) is 255 Å². The zero-order chi connectivity index (χ0) is 50.5. The van der Waals surface area contributed by atoms with Gasteiger partial charge in [0.2, 0.25) is 0 Å². The van der Waals surface area contributed by atoms with Crippen LogP contribution < -0.4 is 0 Å². The van der Waals surface area contributed by atoms with Crippen LogP contribution in [-0.2, 0) is 5.41 Å². The van der Waals surface area contributed by atoms with Gasteiger partial charge < -0.3 is 4.57 Å². The highest BCUT2D eigenvalue weighted by Crippen LogP contribution is 2.53. The molecule has 12 aromatic carbocycles. The molecule has 0 unspecified atom stereocenters. The van der Waals surface area contributed by atoms with Crippen LogP contribution in [-0.4, -0.2) is 19.5 Å². The fraction of sp³-hybridized carbons (Fsp3) is 0.0417. The third-order valence-electron chi connectivity index (χ3n) is 16.0. The second kappa shape index (κ2) is 17.2. The maximum Gasteiger partial charge on any atom is 0.164 e. The Morgan fingerprint density at radius 1 is 0.303 bits per heavy atom. The number of aromatic nitrogens is 4. The minimum atomic E-state index is -0.167. The SMILES string of the molecule is CC1(C)c2ccccc2-c2ccc3c4ccc(-c5cccc(-c6cccc(-c7cc(-c8nc(-c9ccccc9)nc(-c9ccccc9)n8)c8c9ccccc9c9ccccc9c8c7)c6)c5)cc4n(-c4ccccc4)c3c21. The lowest BCUT2D eigenvalue weighted by Gasteiger charge is -2.23. The number of hydrogen-bond acceptors (Lipinski definition) is 3. The standard InChI is InChI=1S/C72H48N4/c1-72(2)64-35-17-16-33-57(64)60-38-39-61-58-37-36-51(44-65(58)76(68(61)67(60)72)53-28-10-5-11-29-53)49-26-18-24-47(40-49)48-25-19-27-50(41-48)52-42-62-56-32-13-12-30-54(56)55-31-14-15-34-59(55)66(62)63(43-52)71-74-69(45-20-6-3-7-21-45)73-70(75-71)46-22-8-4-9-23-46/h3-44H,1-2H3. The van der Waals surface area contributed by atoms with Gasteiger partial charge >= 0.3 is 0 Å². The van der Waals surface area contributed by atoms with Crippen LogP contribution in [0.25, 0.3) is 138 Å². The molecule has 15 rings (SSSR count). The van der Waals surface area contributed by atoms with Crippen LogP contribution in [0.3, 0.4) is 0 Å². The Morgan fingerprint density at radius 2 is 0.789 bits per heavy atom. The van der Waals surface area contributed by atoms with Crippen LogP contribution in [0, 0.1) is 0 Å². The Morgan fingerprint density at radius 3 is 1.43 bits per heavy atom. The molecule has 2 heterocycles. The third kappa shape index (κ3) is 6.88. The average Bonchev–Trinajstić information content (AvgIpc) is 4.13. The van der Waals surface area contributed by atoms with E-state index in [-0.39, 0.29) is 5.41 Å². The topological polar surface area (TPSA) is 43.6 Å². The lowest BCUT2D eigenvalue weighted by molar-refractivity contribution is 0.664. The number of para-hydroxylation sites is 1. The molecule has 356 valence electrons. The number of benzene rings is 12. The molecule has 0 bridgehead atoms. The molecule has 0 saturated carbocycles. The van der Waals surface area contributed by atoms with Crippen molar-refractivity contribution in [1.29, 1.82) is 0 Å². The van der Waals surface area contributed by atoms with Gasteiger partial charge in [-0.15, -0.1) is 0 Å². The zero-order valence-electron chi connectivity index (χ0n) is 42.0. The largest absolute Gasteiger partial charge is 0.309 e. The monoisotopic (exact) mass is 968 g/mol. The van der Waals surface area contributed by atoms with Crippen molar-refractivity contribution < 1.29 is 0 Å². The first-order valence-electron chi connectivity index (χ1n) is 26.2. The molecule has 4 heteroatoms. The molecule has 4 nitrogen and oxygen atoms in total. The molecule has 0 amide bonds. The van der Waals surface area contributed by atoms with Gasteiger partial charge in [-0.05, 0) is 125 Å². The van der Waals surface area contributed by atoms with E-state index in [4.69, 9.17) is 15.0 Å². The highest BCUT2D eigenvalue weighted by atomic mass is 15.0. The van der Waals surface area contributed by atoms with Crippen LogP contribution in [0.5, 0.6) is 0 Å². The van der Waals surface area contributed by atoms with Crippen molar-refractivity contribution in [3.8, 4) is 84.4 Å². The lowest BCUT2D eigenvalue weighted by Crippen LogP contribution is -2.16. The predicted molar refractivity (Wildman–Crippen MR) is 317 cm³/mol. The van der Waals surface area contributed by atoms with Crippen molar-refractivity contribution in [2.75, 3.05) is 0 Å². The van der Waals surface area contributed by atoms with Gasteiger partial charge in [-0.3, -0.25) is 0 Å². The van der Waals surface area contributed by atoms with E-state index in [0.717, 1.165) is 66.4 Å². The van der Waals surface area contributed by atoms with Crippen molar-refractivity contribution in [1.82, 2.24) is 19.5 Å². The Balaban J connectivity index is 0.897. The second-order valence-electron chi connectivity index (χ2n) is 20.7. The fourth-order valence-corrected chi connectivity index (χ4v) is 12.4. The summed E-state index contributed by atoms with van der Waals surface area (Å²) in [5.74, 6) is 1.90. The summed E-state index contributed by atoms with van der Waals surface area (Å²) < 4.78 is 2.51. The van der Waals surface area contributed by atoms with Gasteiger partial charge in [-0.1, -0.05) is 226 Å². The van der Waals surface area contributed by atoms with Crippen molar-refractivity contribution in [2.24, 2.45) is 0 Å². The van der Waals surface area contributed by atoms with E-state index in [1.165, 1.54) is 65.8 Å². The number of fused-ring (bicyclic) bond motifs is 13. The highest BCUT2D eigenvalue weighted by Gasteiger charge is 2.38. The van der Waals surface area contributed by atoms with Crippen LogP contribution >= 0.6 is 0 Å². The quantitative estimate of drug-likeness (QED) is 0.150. The normalized spacial score (nSPS) is 12.7. The molecule has 14 aromatic rings. The summed E-state index contributed by atoms with van der Waals surface area (Å²) >= 11 is 0. The molecule has 1 aliphatic rings. The van der Waals surface area contributed by atoms with E-state index in [1.807, 2.05) is 36.4 Å². The van der Waals surface area contributed by atoms with Crippen molar-refractivity contribution in [2.45, 2.75) is 19.3 Å². The summed E-state index contributed by atoms with van der Waals surface area (Å²) in [7, 11) is 0.